The molecule has 2 aromatic carbocycles. The SMILES string of the molecule is CS(=O)(=O)c1ccc2ccn(OCc3c(Cl)cccc3Cl)c2c1. The lowest BCUT2D eigenvalue weighted by Crippen LogP contribution is -2.10. The Bertz CT molecular complexity index is 960. The Labute approximate surface area is 144 Å². The fraction of sp³-hybridized carbons (Fsp3) is 0.125. The molecule has 0 aliphatic carbocycles. The molecular formula is C16H13Cl2NO3S. The second-order valence-electron chi connectivity index (χ2n) is 5.11. The molecule has 0 bridgehead atoms. The van der Waals surface area contributed by atoms with Crippen molar-refractivity contribution >= 4 is 43.9 Å². The highest BCUT2D eigenvalue weighted by Gasteiger charge is 2.11. The fourth-order valence-electron chi connectivity index (χ4n) is 2.23. The molecule has 0 unspecified atom stereocenters. The number of aromatic nitrogens is 1. The van der Waals surface area contributed by atoms with E-state index in [0.29, 0.717) is 21.1 Å². The number of hydrogen-bond acceptors (Lipinski definition) is 3. The highest BCUT2D eigenvalue weighted by atomic mass is 35.5. The van der Waals surface area contributed by atoms with Crippen LogP contribution in [0.3, 0.4) is 0 Å². The Hall–Kier alpha value is -1.69. The van der Waals surface area contributed by atoms with Crippen LogP contribution in [-0.4, -0.2) is 19.4 Å². The van der Waals surface area contributed by atoms with E-state index < -0.39 is 9.84 Å². The Kier molecular flexibility index (Phi) is 4.27. The minimum Gasteiger partial charge on any atom is -0.409 e. The maximum atomic E-state index is 11.7. The molecular weight excluding hydrogens is 357 g/mol. The van der Waals surface area contributed by atoms with E-state index in [1.165, 1.54) is 11.0 Å². The van der Waals surface area contributed by atoms with Gasteiger partial charge in [0.1, 0.15) is 6.61 Å². The number of benzene rings is 2. The topological polar surface area (TPSA) is 48.3 Å². The summed E-state index contributed by atoms with van der Waals surface area (Å²) in [5.41, 5.74) is 1.34. The second-order valence-corrected chi connectivity index (χ2v) is 7.94. The molecule has 7 heteroatoms. The summed E-state index contributed by atoms with van der Waals surface area (Å²) in [5, 5.41) is 1.92. The number of fused-ring (bicyclic) bond motifs is 1. The smallest absolute Gasteiger partial charge is 0.175 e. The highest BCUT2D eigenvalue weighted by Crippen LogP contribution is 2.25. The summed E-state index contributed by atoms with van der Waals surface area (Å²) in [7, 11) is -3.28. The molecule has 1 aromatic heterocycles. The van der Waals surface area contributed by atoms with Crippen LogP contribution in [0, 0.1) is 0 Å². The molecule has 0 aliphatic heterocycles. The van der Waals surface area contributed by atoms with Crippen LogP contribution in [-0.2, 0) is 16.4 Å². The first-order chi connectivity index (χ1) is 10.9. The van der Waals surface area contributed by atoms with Gasteiger partial charge in [-0.15, -0.1) is 0 Å². The average Bonchev–Trinajstić information content (AvgIpc) is 2.88. The van der Waals surface area contributed by atoms with Crippen molar-refractivity contribution in [1.82, 2.24) is 4.73 Å². The third-order valence-electron chi connectivity index (χ3n) is 3.47. The molecule has 0 spiro atoms. The van der Waals surface area contributed by atoms with Gasteiger partial charge in [0.2, 0.25) is 0 Å². The Morgan fingerprint density at radius 3 is 2.43 bits per heavy atom. The number of nitrogens with zero attached hydrogens (tertiary/aromatic N) is 1. The summed E-state index contributed by atoms with van der Waals surface area (Å²) in [6.45, 7) is 0.172. The van der Waals surface area contributed by atoms with Crippen LogP contribution in [0.25, 0.3) is 10.9 Å². The third kappa shape index (κ3) is 3.32. The van der Waals surface area contributed by atoms with Gasteiger partial charge in [0.05, 0.1) is 10.4 Å². The van der Waals surface area contributed by atoms with Crippen LogP contribution < -0.4 is 4.84 Å². The second kappa shape index (κ2) is 6.07. The monoisotopic (exact) mass is 369 g/mol. The van der Waals surface area contributed by atoms with Crippen LogP contribution in [0.1, 0.15) is 5.56 Å². The van der Waals surface area contributed by atoms with Crippen molar-refractivity contribution in [3.05, 3.63) is 64.3 Å². The molecule has 23 heavy (non-hydrogen) atoms. The van der Waals surface area contributed by atoms with Gasteiger partial charge >= 0.3 is 0 Å². The van der Waals surface area contributed by atoms with Gasteiger partial charge in [-0.3, -0.25) is 0 Å². The molecule has 0 amide bonds. The van der Waals surface area contributed by atoms with Gasteiger partial charge in [0.25, 0.3) is 0 Å². The lowest BCUT2D eigenvalue weighted by Gasteiger charge is -2.11. The van der Waals surface area contributed by atoms with Crippen LogP contribution in [0.4, 0.5) is 0 Å². The van der Waals surface area contributed by atoms with Crippen molar-refractivity contribution in [2.24, 2.45) is 0 Å². The molecule has 1 heterocycles. The predicted molar refractivity (Wildman–Crippen MR) is 91.8 cm³/mol. The fourth-order valence-corrected chi connectivity index (χ4v) is 3.38. The molecule has 0 saturated heterocycles. The minimum atomic E-state index is -3.28. The molecule has 3 rings (SSSR count). The van der Waals surface area contributed by atoms with Gasteiger partial charge in [-0.1, -0.05) is 35.3 Å². The number of rotatable bonds is 4. The van der Waals surface area contributed by atoms with E-state index in [9.17, 15) is 8.42 Å². The third-order valence-corrected chi connectivity index (χ3v) is 5.29. The van der Waals surface area contributed by atoms with E-state index in [0.717, 1.165) is 5.39 Å². The number of hydrogen-bond donors (Lipinski definition) is 0. The molecule has 4 nitrogen and oxygen atoms in total. The highest BCUT2D eigenvalue weighted by molar-refractivity contribution is 7.90. The van der Waals surface area contributed by atoms with Crippen molar-refractivity contribution in [1.29, 1.82) is 0 Å². The van der Waals surface area contributed by atoms with Crippen LogP contribution in [0.15, 0.2) is 53.6 Å². The molecule has 0 radical (unpaired) electrons. The first-order valence-electron chi connectivity index (χ1n) is 6.73. The summed E-state index contributed by atoms with van der Waals surface area (Å²) in [6.07, 6.45) is 2.90. The van der Waals surface area contributed by atoms with Gasteiger partial charge in [0.15, 0.2) is 9.84 Å². The lowest BCUT2D eigenvalue weighted by molar-refractivity contribution is 0.107. The maximum absolute atomic E-state index is 11.7. The van der Waals surface area contributed by atoms with Crippen molar-refractivity contribution < 1.29 is 13.3 Å². The molecule has 0 N–H and O–H groups in total. The lowest BCUT2D eigenvalue weighted by atomic mass is 10.2. The molecule has 3 aromatic rings. The first-order valence-corrected chi connectivity index (χ1v) is 9.38. The largest absolute Gasteiger partial charge is 0.409 e. The van der Waals surface area contributed by atoms with Crippen LogP contribution >= 0.6 is 23.2 Å². The van der Waals surface area contributed by atoms with Crippen molar-refractivity contribution in [3.63, 3.8) is 0 Å². The van der Waals surface area contributed by atoms with Gasteiger partial charge in [-0.05, 0) is 30.3 Å². The quantitative estimate of drug-likeness (QED) is 0.698. The van der Waals surface area contributed by atoms with Crippen LogP contribution in [0.2, 0.25) is 10.0 Å². The number of sulfone groups is 1. The average molecular weight is 370 g/mol. The maximum Gasteiger partial charge on any atom is 0.175 e. The molecule has 120 valence electrons. The van der Waals surface area contributed by atoms with Crippen molar-refractivity contribution in [2.45, 2.75) is 11.5 Å². The summed E-state index contributed by atoms with van der Waals surface area (Å²) in [5.74, 6) is 0. The van der Waals surface area contributed by atoms with E-state index in [2.05, 4.69) is 0 Å². The van der Waals surface area contributed by atoms with E-state index in [1.54, 1.807) is 42.6 Å². The summed E-state index contributed by atoms with van der Waals surface area (Å²) < 4.78 is 24.9. The van der Waals surface area contributed by atoms with Gasteiger partial charge in [0, 0.05) is 33.4 Å². The summed E-state index contributed by atoms with van der Waals surface area (Å²) in [6, 6.07) is 12.0. The number of halogens is 2. The van der Waals surface area contributed by atoms with Gasteiger partial charge in [-0.2, -0.15) is 4.73 Å². The Balaban J connectivity index is 1.94. The summed E-state index contributed by atoms with van der Waals surface area (Å²) >= 11 is 12.2. The Morgan fingerprint density at radius 2 is 1.78 bits per heavy atom. The summed E-state index contributed by atoms with van der Waals surface area (Å²) in [4.78, 5) is 5.97. The molecule has 0 aliphatic rings. The molecule has 0 saturated carbocycles. The molecule has 0 fully saturated rings. The zero-order chi connectivity index (χ0) is 16.6. The van der Waals surface area contributed by atoms with E-state index in [4.69, 9.17) is 28.0 Å². The standard InChI is InChI=1S/C16H13Cl2NO3S/c1-23(20,21)12-6-5-11-7-8-19(16(11)9-12)22-10-13-14(17)3-2-4-15(13)18/h2-9H,10H2,1H3. The van der Waals surface area contributed by atoms with E-state index in [-0.39, 0.29) is 11.5 Å². The molecule has 0 atom stereocenters. The van der Waals surface area contributed by atoms with E-state index in [1.807, 2.05) is 6.07 Å². The zero-order valence-corrected chi connectivity index (χ0v) is 14.5. The van der Waals surface area contributed by atoms with Gasteiger partial charge in [-0.25, -0.2) is 8.42 Å². The Morgan fingerprint density at radius 1 is 1.09 bits per heavy atom. The van der Waals surface area contributed by atoms with Crippen molar-refractivity contribution in [2.75, 3.05) is 6.26 Å². The van der Waals surface area contributed by atoms with Crippen molar-refractivity contribution in [3.8, 4) is 0 Å². The first kappa shape index (κ1) is 16.2. The van der Waals surface area contributed by atoms with Crippen LogP contribution in [0.5, 0.6) is 0 Å². The predicted octanol–water partition coefficient (Wildman–Crippen LogP) is 3.98. The van der Waals surface area contributed by atoms with E-state index >= 15 is 0 Å². The van der Waals surface area contributed by atoms with Gasteiger partial charge < -0.3 is 4.84 Å². The zero-order valence-electron chi connectivity index (χ0n) is 12.2. The normalized spacial score (nSPS) is 11.8. The minimum absolute atomic E-state index is 0.172.